The zero-order valence-corrected chi connectivity index (χ0v) is 9.16. The Labute approximate surface area is 97.6 Å². The zero-order chi connectivity index (χ0) is 11.4. The van der Waals surface area contributed by atoms with Gasteiger partial charge in [0.15, 0.2) is 0 Å². The fourth-order valence-electron chi connectivity index (χ4n) is 1.31. The Kier molecular flexibility index (Phi) is 3.22. The number of nitrogens with zero attached hydrogens (tertiary/aromatic N) is 1. The highest BCUT2D eigenvalue weighted by Gasteiger charge is 2.06. The lowest BCUT2D eigenvalue weighted by Crippen LogP contribution is -2.12. The number of carbonyl (C=O) groups excluding carboxylic acids is 1. The van der Waals surface area contributed by atoms with Gasteiger partial charge in [0.1, 0.15) is 5.69 Å². The maximum Gasteiger partial charge on any atom is 0.273 e. The molecule has 0 fully saturated rings. The van der Waals surface area contributed by atoms with Crippen molar-refractivity contribution in [3.63, 3.8) is 0 Å². The first kappa shape index (κ1) is 10.7. The smallest absolute Gasteiger partial charge is 0.273 e. The van der Waals surface area contributed by atoms with Crippen molar-refractivity contribution < 1.29 is 4.79 Å². The van der Waals surface area contributed by atoms with Crippen LogP contribution >= 0.6 is 11.6 Å². The van der Waals surface area contributed by atoms with E-state index in [1.165, 1.54) is 6.20 Å². The Morgan fingerprint density at radius 2 is 2.31 bits per heavy atom. The third-order valence-corrected chi connectivity index (χ3v) is 2.39. The number of amides is 1. The SMILES string of the molecule is O=C(Nc1cccc(CCl)c1)c1ccn[nH]1. The van der Waals surface area contributed by atoms with Crippen LogP contribution in [-0.4, -0.2) is 16.1 Å². The highest BCUT2D eigenvalue weighted by molar-refractivity contribution is 6.17. The first-order chi connectivity index (χ1) is 7.79. The Balaban J connectivity index is 2.12. The molecule has 0 bridgehead atoms. The summed E-state index contributed by atoms with van der Waals surface area (Å²) in [6.45, 7) is 0. The van der Waals surface area contributed by atoms with Crippen LogP contribution in [0.1, 0.15) is 16.1 Å². The topological polar surface area (TPSA) is 57.8 Å². The van der Waals surface area contributed by atoms with Crippen molar-refractivity contribution >= 4 is 23.2 Å². The van der Waals surface area contributed by atoms with Crippen LogP contribution in [0.15, 0.2) is 36.5 Å². The molecule has 0 spiro atoms. The molecule has 2 aromatic rings. The fraction of sp³-hybridized carbons (Fsp3) is 0.0909. The van der Waals surface area contributed by atoms with Crippen molar-refractivity contribution in [2.75, 3.05) is 5.32 Å². The second-order valence-corrected chi connectivity index (χ2v) is 3.53. The first-order valence-electron chi connectivity index (χ1n) is 4.75. The van der Waals surface area contributed by atoms with Crippen molar-refractivity contribution in [2.24, 2.45) is 0 Å². The molecule has 1 heterocycles. The van der Waals surface area contributed by atoms with E-state index in [4.69, 9.17) is 11.6 Å². The van der Waals surface area contributed by atoms with Crippen LogP contribution in [0.2, 0.25) is 0 Å². The third kappa shape index (κ3) is 2.41. The quantitative estimate of drug-likeness (QED) is 0.803. The standard InChI is InChI=1S/C11H10ClN3O/c12-7-8-2-1-3-9(6-8)14-11(16)10-4-5-13-15-10/h1-6H,7H2,(H,13,15)(H,14,16). The van der Waals surface area contributed by atoms with E-state index < -0.39 is 0 Å². The van der Waals surface area contributed by atoms with E-state index in [0.29, 0.717) is 11.6 Å². The van der Waals surface area contributed by atoms with Crippen molar-refractivity contribution in [1.29, 1.82) is 0 Å². The van der Waals surface area contributed by atoms with Gasteiger partial charge in [0.2, 0.25) is 0 Å². The van der Waals surface area contributed by atoms with Crippen LogP contribution in [0, 0.1) is 0 Å². The van der Waals surface area contributed by atoms with Crippen LogP contribution in [0.5, 0.6) is 0 Å². The number of nitrogens with one attached hydrogen (secondary N) is 2. The molecule has 0 aliphatic heterocycles. The van der Waals surface area contributed by atoms with Gasteiger partial charge in [-0.05, 0) is 23.8 Å². The number of H-pyrrole nitrogens is 1. The number of hydrogen-bond donors (Lipinski definition) is 2. The number of carbonyl (C=O) groups is 1. The van der Waals surface area contributed by atoms with E-state index in [1.54, 1.807) is 6.07 Å². The summed E-state index contributed by atoms with van der Waals surface area (Å²) in [7, 11) is 0. The van der Waals surface area contributed by atoms with E-state index in [1.807, 2.05) is 24.3 Å². The molecule has 4 nitrogen and oxygen atoms in total. The molecule has 2 N–H and O–H groups in total. The Morgan fingerprint density at radius 3 is 3.00 bits per heavy atom. The van der Waals surface area contributed by atoms with Gasteiger partial charge in [-0.3, -0.25) is 9.89 Å². The summed E-state index contributed by atoms with van der Waals surface area (Å²) in [6.07, 6.45) is 1.53. The molecule has 0 saturated carbocycles. The second kappa shape index (κ2) is 4.81. The van der Waals surface area contributed by atoms with Gasteiger partial charge in [-0.15, -0.1) is 11.6 Å². The van der Waals surface area contributed by atoms with Gasteiger partial charge in [-0.1, -0.05) is 12.1 Å². The number of rotatable bonds is 3. The summed E-state index contributed by atoms with van der Waals surface area (Å²) in [5.41, 5.74) is 2.11. The van der Waals surface area contributed by atoms with Gasteiger partial charge in [-0.2, -0.15) is 5.10 Å². The van der Waals surface area contributed by atoms with Gasteiger partial charge in [-0.25, -0.2) is 0 Å². The van der Waals surface area contributed by atoms with Crippen molar-refractivity contribution in [3.8, 4) is 0 Å². The molecule has 1 amide bonds. The molecule has 5 heteroatoms. The van der Waals surface area contributed by atoms with Gasteiger partial charge in [0.05, 0.1) is 0 Å². The number of aromatic nitrogens is 2. The van der Waals surface area contributed by atoms with E-state index in [2.05, 4.69) is 15.5 Å². The Hall–Kier alpha value is -1.81. The number of anilines is 1. The highest BCUT2D eigenvalue weighted by Crippen LogP contribution is 2.13. The molecule has 2 rings (SSSR count). The predicted octanol–water partition coefficient (Wildman–Crippen LogP) is 2.40. The Morgan fingerprint density at radius 1 is 1.44 bits per heavy atom. The first-order valence-corrected chi connectivity index (χ1v) is 5.28. The Bertz CT molecular complexity index is 482. The van der Waals surface area contributed by atoms with Crippen LogP contribution in [0.3, 0.4) is 0 Å². The molecule has 82 valence electrons. The third-order valence-electron chi connectivity index (χ3n) is 2.08. The van der Waals surface area contributed by atoms with Crippen LogP contribution < -0.4 is 5.32 Å². The second-order valence-electron chi connectivity index (χ2n) is 3.26. The zero-order valence-electron chi connectivity index (χ0n) is 8.40. The molecule has 1 aromatic heterocycles. The molecule has 0 unspecified atom stereocenters. The number of benzene rings is 1. The molecule has 0 radical (unpaired) electrons. The monoisotopic (exact) mass is 235 g/mol. The van der Waals surface area contributed by atoms with E-state index in [-0.39, 0.29) is 5.91 Å². The molecule has 0 aliphatic carbocycles. The molecule has 0 saturated heterocycles. The molecular weight excluding hydrogens is 226 g/mol. The average Bonchev–Trinajstić information content (AvgIpc) is 2.83. The molecule has 16 heavy (non-hydrogen) atoms. The number of aromatic amines is 1. The van der Waals surface area contributed by atoms with Gasteiger partial charge in [0.25, 0.3) is 5.91 Å². The minimum atomic E-state index is -0.218. The summed E-state index contributed by atoms with van der Waals surface area (Å²) in [6, 6.07) is 9.01. The van der Waals surface area contributed by atoms with Gasteiger partial charge in [0, 0.05) is 17.8 Å². The summed E-state index contributed by atoms with van der Waals surface area (Å²) in [5.74, 6) is 0.206. The molecule has 1 aromatic carbocycles. The lowest BCUT2D eigenvalue weighted by Gasteiger charge is -2.04. The van der Waals surface area contributed by atoms with Gasteiger partial charge >= 0.3 is 0 Å². The number of alkyl halides is 1. The van der Waals surface area contributed by atoms with Crippen LogP contribution in [0.25, 0.3) is 0 Å². The van der Waals surface area contributed by atoms with Crippen LogP contribution in [-0.2, 0) is 5.88 Å². The summed E-state index contributed by atoms with van der Waals surface area (Å²) in [4.78, 5) is 11.7. The van der Waals surface area contributed by atoms with Crippen molar-refractivity contribution in [2.45, 2.75) is 5.88 Å². The van der Waals surface area contributed by atoms with Crippen molar-refractivity contribution in [3.05, 3.63) is 47.8 Å². The minimum absolute atomic E-state index is 0.218. The lowest BCUT2D eigenvalue weighted by molar-refractivity contribution is 0.102. The van der Waals surface area contributed by atoms with Crippen molar-refractivity contribution in [1.82, 2.24) is 10.2 Å². The number of halogens is 1. The molecule has 0 atom stereocenters. The van der Waals surface area contributed by atoms with E-state index in [0.717, 1.165) is 11.3 Å². The predicted molar refractivity (Wildman–Crippen MR) is 62.5 cm³/mol. The fourth-order valence-corrected chi connectivity index (χ4v) is 1.48. The highest BCUT2D eigenvalue weighted by atomic mass is 35.5. The maximum absolute atomic E-state index is 11.7. The largest absolute Gasteiger partial charge is 0.321 e. The summed E-state index contributed by atoms with van der Waals surface area (Å²) in [5, 5.41) is 9.06. The van der Waals surface area contributed by atoms with E-state index >= 15 is 0 Å². The molecular formula is C11H10ClN3O. The summed E-state index contributed by atoms with van der Waals surface area (Å²) >= 11 is 5.71. The average molecular weight is 236 g/mol. The number of hydrogen-bond acceptors (Lipinski definition) is 2. The summed E-state index contributed by atoms with van der Waals surface area (Å²) < 4.78 is 0. The van der Waals surface area contributed by atoms with Crippen LogP contribution in [0.4, 0.5) is 5.69 Å². The van der Waals surface area contributed by atoms with E-state index in [9.17, 15) is 4.79 Å². The molecule has 0 aliphatic rings. The maximum atomic E-state index is 11.7. The normalized spacial score (nSPS) is 10.1. The lowest BCUT2D eigenvalue weighted by atomic mass is 10.2. The minimum Gasteiger partial charge on any atom is -0.321 e. The van der Waals surface area contributed by atoms with Gasteiger partial charge < -0.3 is 5.32 Å².